The van der Waals surface area contributed by atoms with Crippen molar-refractivity contribution < 1.29 is 14.6 Å². The molecule has 0 spiro atoms. The van der Waals surface area contributed by atoms with Crippen molar-refractivity contribution >= 4 is 0 Å². The first-order valence-electron chi connectivity index (χ1n) is 6.57. The Morgan fingerprint density at radius 3 is 2.06 bits per heavy atom. The summed E-state index contributed by atoms with van der Waals surface area (Å²) in [4.78, 5) is 0. The lowest BCUT2D eigenvalue weighted by Crippen LogP contribution is -2.19. The maximum atomic E-state index is 9.82. The standard InChI is InChI=1S/C14H28O3/c1-6-16-14(17-7-2)10-12(5)9-13(15)8-11(3)4/h11,13-15H,5-10H2,1-4H3. The fourth-order valence-electron chi connectivity index (χ4n) is 1.82. The van der Waals surface area contributed by atoms with Gasteiger partial charge < -0.3 is 14.6 Å². The predicted octanol–water partition coefficient (Wildman–Crippen LogP) is 3.13. The van der Waals surface area contributed by atoms with Crippen LogP contribution >= 0.6 is 0 Å². The Hall–Kier alpha value is -0.380. The number of aliphatic hydroxyl groups is 1. The molecule has 0 rings (SSSR count). The topological polar surface area (TPSA) is 38.7 Å². The van der Waals surface area contributed by atoms with Crippen LogP contribution in [0.5, 0.6) is 0 Å². The monoisotopic (exact) mass is 244 g/mol. The molecule has 0 amide bonds. The number of hydrogen-bond acceptors (Lipinski definition) is 3. The van der Waals surface area contributed by atoms with E-state index in [-0.39, 0.29) is 12.4 Å². The molecule has 3 nitrogen and oxygen atoms in total. The van der Waals surface area contributed by atoms with E-state index < -0.39 is 0 Å². The molecular weight excluding hydrogens is 216 g/mol. The second-order valence-corrected chi connectivity index (χ2v) is 4.78. The highest BCUT2D eigenvalue weighted by atomic mass is 16.7. The minimum absolute atomic E-state index is 0.219. The van der Waals surface area contributed by atoms with Crippen molar-refractivity contribution in [2.75, 3.05) is 13.2 Å². The molecule has 0 bridgehead atoms. The average molecular weight is 244 g/mol. The summed E-state index contributed by atoms with van der Waals surface area (Å²) >= 11 is 0. The minimum Gasteiger partial charge on any atom is -0.393 e. The summed E-state index contributed by atoms with van der Waals surface area (Å²) in [6, 6.07) is 0. The van der Waals surface area contributed by atoms with Gasteiger partial charge in [-0.15, -0.1) is 0 Å². The Morgan fingerprint density at radius 1 is 1.12 bits per heavy atom. The maximum absolute atomic E-state index is 9.82. The zero-order chi connectivity index (χ0) is 13.3. The molecule has 0 aromatic carbocycles. The molecule has 0 heterocycles. The SMILES string of the molecule is C=C(CC(O)CC(C)C)CC(OCC)OCC. The van der Waals surface area contributed by atoms with Gasteiger partial charge in [-0.2, -0.15) is 0 Å². The van der Waals surface area contributed by atoms with Gasteiger partial charge in [0, 0.05) is 19.6 Å². The largest absolute Gasteiger partial charge is 0.393 e. The van der Waals surface area contributed by atoms with Gasteiger partial charge in [-0.1, -0.05) is 26.0 Å². The molecule has 102 valence electrons. The Morgan fingerprint density at radius 2 is 1.65 bits per heavy atom. The molecule has 0 aliphatic rings. The quantitative estimate of drug-likeness (QED) is 0.474. The molecule has 0 saturated heterocycles. The lowest BCUT2D eigenvalue weighted by molar-refractivity contribution is -0.134. The average Bonchev–Trinajstić information content (AvgIpc) is 2.16. The van der Waals surface area contributed by atoms with Gasteiger partial charge in [-0.25, -0.2) is 0 Å². The molecule has 17 heavy (non-hydrogen) atoms. The lowest BCUT2D eigenvalue weighted by Gasteiger charge is -2.20. The van der Waals surface area contributed by atoms with Crippen LogP contribution in [0.15, 0.2) is 12.2 Å². The van der Waals surface area contributed by atoms with Gasteiger partial charge >= 0.3 is 0 Å². The van der Waals surface area contributed by atoms with Crippen LogP contribution < -0.4 is 0 Å². The Labute approximate surface area is 106 Å². The van der Waals surface area contributed by atoms with Crippen LogP contribution in [0.25, 0.3) is 0 Å². The van der Waals surface area contributed by atoms with Crippen LogP contribution in [0.2, 0.25) is 0 Å². The third kappa shape index (κ3) is 9.33. The van der Waals surface area contributed by atoms with E-state index >= 15 is 0 Å². The highest BCUT2D eigenvalue weighted by Crippen LogP contribution is 2.17. The smallest absolute Gasteiger partial charge is 0.161 e. The summed E-state index contributed by atoms with van der Waals surface area (Å²) in [6.07, 6.45) is 1.59. The minimum atomic E-state index is -0.300. The van der Waals surface area contributed by atoms with E-state index in [2.05, 4.69) is 20.4 Å². The van der Waals surface area contributed by atoms with Crippen molar-refractivity contribution in [2.24, 2.45) is 5.92 Å². The number of rotatable bonds is 10. The lowest BCUT2D eigenvalue weighted by atomic mass is 9.99. The van der Waals surface area contributed by atoms with Crippen LogP contribution in [0.4, 0.5) is 0 Å². The molecular formula is C14H28O3. The van der Waals surface area contributed by atoms with Crippen molar-refractivity contribution in [1.29, 1.82) is 0 Å². The van der Waals surface area contributed by atoms with E-state index in [4.69, 9.17) is 9.47 Å². The van der Waals surface area contributed by atoms with E-state index in [1.807, 2.05) is 13.8 Å². The van der Waals surface area contributed by atoms with Crippen molar-refractivity contribution in [1.82, 2.24) is 0 Å². The summed E-state index contributed by atoms with van der Waals surface area (Å²) in [6.45, 7) is 13.4. The number of ether oxygens (including phenoxy) is 2. The van der Waals surface area contributed by atoms with E-state index in [1.165, 1.54) is 0 Å². The van der Waals surface area contributed by atoms with Crippen LogP contribution in [0, 0.1) is 5.92 Å². The molecule has 0 saturated carbocycles. The van der Waals surface area contributed by atoms with Crippen molar-refractivity contribution in [3.63, 3.8) is 0 Å². The molecule has 0 aliphatic heterocycles. The molecule has 1 unspecified atom stereocenters. The second-order valence-electron chi connectivity index (χ2n) is 4.78. The van der Waals surface area contributed by atoms with Gasteiger partial charge in [-0.05, 0) is 32.6 Å². The van der Waals surface area contributed by atoms with Gasteiger partial charge in [-0.3, -0.25) is 0 Å². The van der Waals surface area contributed by atoms with Crippen molar-refractivity contribution in [3.8, 4) is 0 Å². The third-order valence-electron chi connectivity index (χ3n) is 2.43. The first kappa shape index (κ1) is 16.6. The zero-order valence-electron chi connectivity index (χ0n) is 11.7. The number of hydrogen-bond donors (Lipinski definition) is 1. The van der Waals surface area contributed by atoms with Crippen LogP contribution in [-0.2, 0) is 9.47 Å². The van der Waals surface area contributed by atoms with Gasteiger partial charge in [0.15, 0.2) is 6.29 Å². The predicted molar refractivity (Wildman–Crippen MR) is 70.9 cm³/mol. The van der Waals surface area contributed by atoms with Crippen molar-refractivity contribution in [3.05, 3.63) is 12.2 Å². The Kier molecular flexibility index (Phi) is 9.41. The summed E-state index contributed by atoms with van der Waals surface area (Å²) < 4.78 is 10.9. The Bertz CT molecular complexity index is 196. The molecule has 0 radical (unpaired) electrons. The molecule has 1 N–H and O–H groups in total. The summed E-state index contributed by atoms with van der Waals surface area (Å²) in [5.74, 6) is 0.507. The third-order valence-corrected chi connectivity index (χ3v) is 2.43. The van der Waals surface area contributed by atoms with Gasteiger partial charge in [0.1, 0.15) is 0 Å². The number of aliphatic hydroxyl groups excluding tert-OH is 1. The fourth-order valence-corrected chi connectivity index (χ4v) is 1.82. The maximum Gasteiger partial charge on any atom is 0.161 e. The van der Waals surface area contributed by atoms with Crippen LogP contribution in [-0.4, -0.2) is 30.7 Å². The summed E-state index contributed by atoms with van der Waals surface area (Å²) in [7, 11) is 0. The molecule has 0 fully saturated rings. The van der Waals surface area contributed by atoms with Gasteiger partial charge in [0.2, 0.25) is 0 Å². The molecule has 1 atom stereocenters. The highest BCUT2D eigenvalue weighted by molar-refractivity contribution is 4.97. The molecule has 0 aromatic heterocycles. The normalized spacial score (nSPS) is 13.4. The highest BCUT2D eigenvalue weighted by Gasteiger charge is 2.13. The molecule has 0 aliphatic carbocycles. The Balaban J connectivity index is 3.95. The molecule has 3 heteroatoms. The first-order chi connectivity index (χ1) is 7.99. The van der Waals surface area contributed by atoms with E-state index in [0.717, 1.165) is 12.0 Å². The van der Waals surface area contributed by atoms with Gasteiger partial charge in [0.25, 0.3) is 0 Å². The fraction of sp³-hybridized carbons (Fsp3) is 0.857. The summed E-state index contributed by atoms with van der Waals surface area (Å²) in [5.41, 5.74) is 0.991. The second kappa shape index (κ2) is 9.63. The van der Waals surface area contributed by atoms with E-state index in [1.54, 1.807) is 0 Å². The summed E-state index contributed by atoms with van der Waals surface area (Å²) in [5, 5.41) is 9.82. The van der Waals surface area contributed by atoms with Crippen LogP contribution in [0.1, 0.15) is 47.0 Å². The van der Waals surface area contributed by atoms with E-state index in [0.29, 0.717) is 32.0 Å². The van der Waals surface area contributed by atoms with Crippen LogP contribution in [0.3, 0.4) is 0 Å². The van der Waals surface area contributed by atoms with E-state index in [9.17, 15) is 5.11 Å². The molecule has 0 aromatic rings. The first-order valence-corrected chi connectivity index (χ1v) is 6.57. The zero-order valence-corrected chi connectivity index (χ0v) is 11.7. The van der Waals surface area contributed by atoms with Crippen molar-refractivity contribution in [2.45, 2.75) is 59.4 Å². The van der Waals surface area contributed by atoms with Gasteiger partial charge in [0.05, 0.1) is 6.10 Å².